The van der Waals surface area contributed by atoms with E-state index in [-0.39, 0.29) is 0 Å². The molecule has 0 aromatic carbocycles. The molecule has 124 valence electrons. The molecule has 0 saturated carbocycles. The summed E-state index contributed by atoms with van der Waals surface area (Å²) < 4.78 is 134. The Balaban J connectivity index is 6.37. The number of rotatable bonds is 4. The van der Waals surface area contributed by atoms with Gasteiger partial charge in [0.1, 0.15) is 0 Å². The Morgan fingerprint density at radius 1 is 0.667 bits per heavy atom. The molecule has 0 aromatic rings. The van der Waals surface area contributed by atoms with E-state index >= 15 is 0 Å². The highest BCUT2D eigenvalue weighted by Crippen LogP contribution is 2.54. The van der Waals surface area contributed by atoms with E-state index in [2.05, 4.69) is 0 Å². The molecular weight excluding hydrogens is 341 g/mol. The van der Waals surface area contributed by atoms with Crippen molar-refractivity contribution in [1.82, 2.24) is 0 Å². The maximum Gasteiger partial charge on any atom is 0.460 e. The van der Waals surface area contributed by atoms with Gasteiger partial charge in [-0.15, -0.1) is 0 Å². The van der Waals surface area contributed by atoms with Gasteiger partial charge in [-0.05, 0) is 0 Å². The third kappa shape index (κ3) is 2.62. The van der Waals surface area contributed by atoms with Crippen LogP contribution in [0.3, 0.4) is 0 Å². The Bertz CT molecular complexity index is 448. The first-order valence-corrected chi connectivity index (χ1v) is 4.21. The van der Waals surface area contributed by atoms with Crippen molar-refractivity contribution < 1.29 is 63.0 Å². The van der Waals surface area contributed by atoms with Crippen LogP contribution in [0.1, 0.15) is 0 Å². The van der Waals surface area contributed by atoms with Crippen LogP contribution >= 0.6 is 0 Å². The van der Waals surface area contributed by atoms with E-state index in [0.29, 0.717) is 0 Å². The number of hydrogen-bond acceptors (Lipinski definition) is 2. The minimum absolute atomic E-state index is 4.15. The maximum atomic E-state index is 13.2. The molecule has 0 aliphatic carbocycles. The van der Waals surface area contributed by atoms with Gasteiger partial charge >= 0.3 is 35.8 Å². The quantitative estimate of drug-likeness (QED) is 0.631. The van der Waals surface area contributed by atoms with Crippen molar-refractivity contribution in [3.8, 4) is 0 Å². The van der Waals surface area contributed by atoms with Crippen molar-refractivity contribution in [2.75, 3.05) is 0 Å². The van der Waals surface area contributed by atoms with Gasteiger partial charge in [-0.1, -0.05) is 0 Å². The van der Waals surface area contributed by atoms with Gasteiger partial charge in [0.05, 0.1) is 0 Å². The number of aliphatic carboxylic acids is 1. The Kier molecular flexibility index (Phi) is 4.33. The smallest absolute Gasteiger partial charge is 0.460 e. The van der Waals surface area contributed by atoms with Crippen LogP contribution in [-0.4, -0.2) is 46.7 Å². The van der Waals surface area contributed by atoms with Gasteiger partial charge in [0.2, 0.25) is 0 Å². The van der Waals surface area contributed by atoms with E-state index in [4.69, 9.17) is 5.11 Å². The van der Waals surface area contributed by atoms with Gasteiger partial charge < -0.3 is 5.11 Å². The van der Waals surface area contributed by atoms with Gasteiger partial charge in [-0.2, -0.15) is 43.9 Å². The second kappa shape index (κ2) is 4.69. The predicted molar refractivity (Wildman–Crippen MR) is 38.5 cm³/mol. The van der Waals surface area contributed by atoms with Crippen LogP contribution in [-0.2, 0) is 9.59 Å². The lowest BCUT2D eigenvalue weighted by molar-refractivity contribution is -0.373. The molecule has 1 atom stereocenters. The number of carboxylic acid groups (broad SMARTS) is 1. The predicted octanol–water partition coefficient (Wildman–Crippen LogP) is 2.74. The molecule has 0 fully saturated rings. The SMILES string of the molecule is O=C(O)C(F)(C(=O)C(F)(F)F)C(F)(F)C(F)(F)C(F)(F)F. The standard InChI is InChI=1S/C7HF11O3/c8-3(2(20)21,1(19)4(9,10)11)5(12,13)6(14,15)7(16,17)18/h(H,20,21). The van der Waals surface area contributed by atoms with E-state index in [9.17, 15) is 57.9 Å². The number of alkyl halides is 11. The van der Waals surface area contributed by atoms with Gasteiger partial charge in [-0.25, -0.2) is 9.18 Å². The number of carboxylic acids is 1. The zero-order valence-corrected chi connectivity index (χ0v) is 8.92. The third-order valence-electron chi connectivity index (χ3n) is 2.05. The third-order valence-corrected chi connectivity index (χ3v) is 2.05. The number of ketones is 1. The zero-order valence-electron chi connectivity index (χ0n) is 8.92. The van der Waals surface area contributed by atoms with Crippen LogP contribution in [0.15, 0.2) is 0 Å². The molecule has 0 saturated heterocycles. The fourth-order valence-corrected chi connectivity index (χ4v) is 0.964. The fourth-order valence-electron chi connectivity index (χ4n) is 0.964. The summed E-state index contributed by atoms with van der Waals surface area (Å²) in [7, 11) is 0. The van der Waals surface area contributed by atoms with Crippen LogP contribution in [0.2, 0.25) is 0 Å². The van der Waals surface area contributed by atoms with E-state index in [1.54, 1.807) is 0 Å². The number of Topliss-reactive ketones (excluding diaryl/α,β-unsaturated/α-hetero) is 1. The highest BCUT2D eigenvalue weighted by Gasteiger charge is 2.87. The van der Waals surface area contributed by atoms with Crippen LogP contribution in [0.4, 0.5) is 48.3 Å². The fraction of sp³-hybridized carbons (Fsp3) is 0.714. The summed E-state index contributed by atoms with van der Waals surface area (Å²) in [5.41, 5.74) is -6.87. The molecule has 0 amide bonds. The van der Waals surface area contributed by atoms with Crippen molar-refractivity contribution in [2.45, 2.75) is 29.9 Å². The number of carbonyl (C=O) groups excluding carboxylic acids is 1. The van der Waals surface area contributed by atoms with Crippen molar-refractivity contribution in [3.05, 3.63) is 0 Å². The summed E-state index contributed by atoms with van der Waals surface area (Å²) in [6, 6.07) is 0. The minimum Gasteiger partial charge on any atom is -0.478 e. The monoisotopic (exact) mass is 342 g/mol. The summed E-state index contributed by atoms with van der Waals surface area (Å²) in [6.07, 6.45) is -14.1. The summed E-state index contributed by atoms with van der Waals surface area (Å²) >= 11 is 0. The molecule has 3 nitrogen and oxygen atoms in total. The van der Waals surface area contributed by atoms with Crippen molar-refractivity contribution >= 4 is 11.8 Å². The molecule has 0 aromatic heterocycles. The molecule has 1 unspecified atom stereocenters. The lowest BCUT2D eigenvalue weighted by Gasteiger charge is -2.34. The summed E-state index contributed by atoms with van der Waals surface area (Å²) in [5.74, 6) is -23.9. The highest BCUT2D eigenvalue weighted by molar-refractivity contribution is 6.10. The highest BCUT2D eigenvalue weighted by atomic mass is 19.4. The van der Waals surface area contributed by atoms with Crippen LogP contribution in [0.25, 0.3) is 0 Å². The molecule has 0 aliphatic heterocycles. The average Bonchev–Trinajstić information content (AvgIpc) is 2.23. The molecule has 0 radical (unpaired) electrons. The molecule has 0 rings (SSSR count). The molecule has 21 heavy (non-hydrogen) atoms. The second-order valence-electron chi connectivity index (χ2n) is 3.44. The second-order valence-corrected chi connectivity index (χ2v) is 3.44. The van der Waals surface area contributed by atoms with Crippen LogP contribution in [0, 0.1) is 0 Å². The summed E-state index contributed by atoms with van der Waals surface area (Å²) in [5, 5.41) is 7.85. The van der Waals surface area contributed by atoms with E-state index in [1.807, 2.05) is 0 Å². The Hall–Kier alpha value is -1.63. The Morgan fingerprint density at radius 2 is 1.00 bits per heavy atom. The van der Waals surface area contributed by atoms with Gasteiger partial charge in [0.25, 0.3) is 5.78 Å². The lowest BCUT2D eigenvalue weighted by atomic mass is 9.87. The van der Waals surface area contributed by atoms with E-state index < -0.39 is 41.6 Å². The largest absolute Gasteiger partial charge is 0.478 e. The van der Waals surface area contributed by atoms with Crippen LogP contribution < -0.4 is 0 Å². The lowest BCUT2D eigenvalue weighted by Crippen LogP contribution is -2.70. The summed E-state index contributed by atoms with van der Waals surface area (Å²) in [4.78, 5) is 20.3. The molecule has 0 heterocycles. The minimum atomic E-state index is -7.56. The Morgan fingerprint density at radius 3 is 1.19 bits per heavy atom. The van der Waals surface area contributed by atoms with Gasteiger partial charge in [0.15, 0.2) is 0 Å². The first kappa shape index (κ1) is 19.4. The number of carbonyl (C=O) groups is 2. The first-order chi connectivity index (χ1) is 8.85. The van der Waals surface area contributed by atoms with Crippen molar-refractivity contribution in [1.29, 1.82) is 0 Å². The number of hydrogen-bond donors (Lipinski definition) is 1. The van der Waals surface area contributed by atoms with E-state index in [1.165, 1.54) is 0 Å². The van der Waals surface area contributed by atoms with Gasteiger partial charge in [0, 0.05) is 0 Å². The normalized spacial score (nSPS) is 17.3. The van der Waals surface area contributed by atoms with Crippen molar-refractivity contribution in [2.24, 2.45) is 0 Å². The molecule has 0 bridgehead atoms. The van der Waals surface area contributed by atoms with Crippen molar-refractivity contribution in [3.63, 3.8) is 0 Å². The van der Waals surface area contributed by atoms with Crippen LogP contribution in [0.5, 0.6) is 0 Å². The topological polar surface area (TPSA) is 54.4 Å². The zero-order chi connectivity index (χ0) is 17.7. The molecule has 1 N–H and O–H groups in total. The molecule has 0 spiro atoms. The van der Waals surface area contributed by atoms with E-state index in [0.717, 1.165) is 0 Å². The molecule has 0 aliphatic rings. The average molecular weight is 342 g/mol. The molecular formula is C7HF11O3. The summed E-state index contributed by atoms with van der Waals surface area (Å²) in [6.45, 7) is 0. The Labute approximate surface area is 106 Å². The molecule has 14 heteroatoms. The maximum absolute atomic E-state index is 13.2. The number of halogens is 11. The first-order valence-electron chi connectivity index (χ1n) is 4.21. The van der Waals surface area contributed by atoms with Gasteiger partial charge in [-0.3, -0.25) is 4.79 Å².